The Morgan fingerprint density at radius 1 is 0.857 bits per heavy atom. The number of halogens is 2. The number of carbonyl (C=O) groups is 1. The molecule has 0 saturated carbocycles. The maximum absolute atomic E-state index is 13.5. The van der Waals surface area contributed by atoms with E-state index in [1.807, 2.05) is 12.1 Å². The molecule has 0 radical (unpaired) electrons. The first-order valence-corrected chi connectivity index (χ1v) is 11.9. The molecule has 186 valence electrons. The van der Waals surface area contributed by atoms with Crippen LogP contribution in [0.15, 0.2) is 60.7 Å². The maximum Gasteiger partial charge on any atom is 0.336 e. The van der Waals surface area contributed by atoms with Crippen molar-refractivity contribution in [2.24, 2.45) is 5.41 Å². The molecule has 6 heteroatoms. The molecule has 0 aliphatic heterocycles. The van der Waals surface area contributed by atoms with Gasteiger partial charge in [-0.1, -0.05) is 58.4 Å². The fraction of sp³-hybridized carbons (Fsp3) is 0.345. The Labute approximate surface area is 211 Å². The summed E-state index contributed by atoms with van der Waals surface area (Å²) in [7, 11) is 0. The van der Waals surface area contributed by atoms with E-state index in [1.165, 1.54) is 23.8 Å². The van der Waals surface area contributed by atoms with Crippen LogP contribution in [0.25, 0.3) is 11.1 Å². The molecule has 0 fully saturated rings. The van der Waals surface area contributed by atoms with Gasteiger partial charge in [0.15, 0.2) is 0 Å². The van der Waals surface area contributed by atoms with Crippen molar-refractivity contribution in [1.29, 1.82) is 0 Å². The predicted octanol–water partition coefficient (Wildman–Crippen LogP) is 8.02. The molecule has 0 heterocycles. The van der Waals surface area contributed by atoms with Crippen molar-refractivity contribution < 1.29 is 23.8 Å². The minimum atomic E-state index is -1.11. The predicted molar refractivity (Wildman–Crippen MR) is 138 cm³/mol. The second kappa shape index (κ2) is 10.7. The number of hydrogen-bond acceptors (Lipinski definition) is 3. The monoisotopic (exact) mass is 498 g/mol. The highest BCUT2D eigenvalue weighted by molar-refractivity contribution is 6.33. The highest BCUT2D eigenvalue weighted by Gasteiger charge is 2.27. The maximum atomic E-state index is 13.5. The summed E-state index contributed by atoms with van der Waals surface area (Å²) >= 11 is 6.16. The molecule has 0 atom stereocenters. The zero-order valence-electron chi connectivity index (χ0n) is 20.8. The van der Waals surface area contributed by atoms with Crippen LogP contribution < -0.4 is 9.47 Å². The summed E-state index contributed by atoms with van der Waals surface area (Å²) in [6.07, 6.45) is 1.07. The van der Waals surface area contributed by atoms with E-state index in [-0.39, 0.29) is 28.0 Å². The average Bonchev–Trinajstić information content (AvgIpc) is 2.75. The van der Waals surface area contributed by atoms with Crippen LogP contribution in [0.2, 0.25) is 5.02 Å². The minimum absolute atomic E-state index is 0.0524. The quantitative estimate of drug-likeness (QED) is 0.303. The summed E-state index contributed by atoms with van der Waals surface area (Å²) in [4.78, 5) is 11.7. The summed E-state index contributed by atoms with van der Waals surface area (Å²) in [6.45, 7) is 11.8. The molecule has 35 heavy (non-hydrogen) atoms. The van der Waals surface area contributed by atoms with E-state index in [4.69, 9.17) is 21.1 Å². The first-order chi connectivity index (χ1) is 16.4. The largest absolute Gasteiger partial charge is 0.490 e. The molecule has 0 spiro atoms. The zero-order valence-corrected chi connectivity index (χ0v) is 21.6. The number of ether oxygens (including phenoxy) is 2. The van der Waals surface area contributed by atoms with Crippen LogP contribution in [0.5, 0.6) is 11.5 Å². The van der Waals surface area contributed by atoms with Crippen molar-refractivity contribution in [1.82, 2.24) is 0 Å². The number of carboxylic acids is 1. The fourth-order valence-corrected chi connectivity index (χ4v) is 4.75. The van der Waals surface area contributed by atoms with Gasteiger partial charge in [-0.05, 0) is 71.3 Å². The van der Waals surface area contributed by atoms with E-state index in [1.54, 1.807) is 12.1 Å². The normalized spacial score (nSPS) is 11.9. The third kappa shape index (κ3) is 7.22. The van der Waals surface area contributed by atoms with Crippen molar-refractivity contribution in [2.75, 3.05) is 13.2 Å². The third-order valence-electron chi connectivity index (χ3n) is 5.67. The summed E-state index contributed by atoms with van der Waals surface area (Å²) in [5.41, 5.74) is 2.39. The summed E-state index contributed by atoms with van der Waals surface area (Å²) in [5.74, 6) is -0.382. The Morgan fingerprint density at radius 3 is 2.03 bits per heavy atom. The van der Waals surface area contributed by atoms with Gasteiger partial charge >= 0.3 is 5.97 Å². The van der Waals surface area contributed by atoms with Gasteiger partial charge in [0.25, 0.3) is 0 Å². The van der Waals surface area contributed by atoms with Crippen molar-refractivity contribution in [2.45, 2.75) is 46.5 Å². The van der Waals surface area contributed by atoms with Crippen LogP contribution >= 0.6 is 11.6 Å². The van der Waals surface area contributed by atoms with Gasteiger partial charge < -0.3 is 14.6 Å². The van der Waals surface area contributed by atoms with Crippen molar-refractivity contribution >= 4 is 17.6 Å². The zero-order chi connectivity index (χ0) is 25.8. The Hall–Kier alpha value is -3.05. The molecule has 0 amide bonds. The summed E-state index contributed by atoms with van der Waals surface area (Å²) in [5, 5.41) is 9.68. The first-order valence-electron chi connectivity index (χ1n) is 11.5. The van der Waals surface area contributed by atoms with Crippen molar-refractivity contribution in [3.63, 3.8) is 0 Å². The Morgan fingerprint density at radius 2 is 1.46 bits per heavy atom. The van der Waals surface area contributed by atoms with Crippen LogP contribution in [0.3, 0.4) is 0 Å². The molecule has 3 rings (SSSR count). The van der Waals surface area contributed by atoms with Gasteiger partial charge in [-0.25, -0.2) is 9.18 Å². The standard InChI is InChI=1S/C29H32ClFO4/c1-28(2,3)18-29(4,5)19-6-9-21(10-7-19)34-14-15-35-22-11-13-24(27(32)33)25(17-22)23-12-8-20(31)16-26(23)30/h6-13,16-17H,14-15,18H2,1-5H3,(H,32,33). The second-order valence-corrected chi connectivity index (χ2v) is 10.9. The van der Waals surface area contributed by atoms with E-state index in [2.05, 4.69) is 46.8 Å². The molecule has 0 saturated heterocycles. The molecule has 0 aliphatic carbocycles. The topological polar surface area (TPSA) is 55.8 Å². The van der Waals surface area contributed by atoms with E-state index < -0.39 is 11.8 Å². The average molecular weight is 499 g/mol. The van der Waals surface area contributed by atoms with Gasteiger partial charge in [-0.3, -0.25) is 0 Å². The number of hydrogen-bond donors (Lipinski definition) is 1. The van der Waals surface area contributed by atoms with Crippen molar-refractivity contribution in [3.05, 3.63) is 82.6 Å². The summed E-state index contributed by atoms with van der Waals surface area (Å²) in [6, 6.07) is 16.6. The lowest BCUT2D eigenvalue weighted by Gasteiger charge is -2.33. The highest BCUT2D eigenvalue weighted by Crippen LogP contribution is 2.37. The first kappa shape index (κ1) is 26.6. The van der Waals surface area contributed by atoms with Gasteiger partial charge in [0, 0.05) is 11.1 Å². The van der Waals surface area contributed by atoms with Crippen LogP contribution in [0.4, 0.5) is 4.39 Å². The van der Waals surface area contributed by atoms with Crippen molar-refractivity contribution in [3.8, 4) is 22.6 Å². The van der Waals surface area contributed by atoms with Gasteiger partial charge in [-0.15, -0.1) is 0 Å². The second-order valence-electron chi connectivity index (χ2n) is 10.5. The van der Waals surface area contributed by atoms with Crippen LogP contribution in [-0.4, -0.2) is 24.3 Å². The molecule has 0 bridgehead atoms. The smallest absolute Gasteiger partial charge is 0.336 e. The number of carboxylic acid groups (broad SMARTS) is 1. The van der Waals surface area contributed by atoms with Gasteiger partial charge in [0.05, 0.1) is 10.6 Å². The van der Waals surface area contributed by atoms with E-state index in [9.17, 15) is 14.3 Å². The molecule has 0 aromatic heterocycles. The van der Waals surface area contributed by atoms with E-state index >= 15 is 0 Å². The highest BCUT2D eigenvalue weighted by atomic mass is 35.5. The lowest BCUT2D eigenvalue weighted by atomic mass is 9.72. The molecular weight excluding hydrogens is 467 g/mol. The Bertz CT molecular complexity index is 1180. The Balaban J connectivity index is 1.63. The third-order valence-corrected chi connectivity index (χ3v) is 5.98. The molecule has 1 N–H and O–H groups in total. The molecule has 4 nitrogen and oxygen atoms in total. The number of aromatic carboxylic acids is 1. The molecule has 0 unspecified atom stereocenters. The number of rotatable bonds is 9. The van der Waals surface area contributed by atoms with E-state index in [0.717, 1.165) is 18.2 Å². The van der Waals surface area contributed by atoms with E-state index in [0.29, 0.717) is 23.5 Å². The van der Waals surface area contributed by atoms with Gasteiger partial charge in [0.2, 0.25) is 0 Å². The summed E-state index contributed by atoms with van der Waals surface area (Å²) < 4.78 is 25.1. The lowest BCUT2D eigenvalue weighted by molar-refractivity contribution is 0.0697. The number of benzene rings is 3. The minimum Gasteiger partial charge on any atom is -0.490 e. The van der Waals surface area contributed by atoms with Gasteiger partial charge in [-0.2, -0.15) is 0 Å². The SMILES string of the molecule is CC(C)(C)CC(C)(C)c1ccc(OCCOc2ccc(C(=O)O)c(-c3ccc(F)cc3Cl)c2)cc1. The molecule has 3 aromatic rings. The Kier molecular flexibility index (Phi) is 8.11. The molecular formula is C29H32ClFO4. The fourth-order valence-electron chi connectivity index (χ4n) is 4.48. The van der Waals surface area contributed by atoms with Crippen LogP contribution in [0, 0.1) is 11.2 Å². The molecule has 3 aromatic carbocycles. The van der Waals surface area contributed by atoms with Crippen LogP contribution in [-0.2, 0) is 5.41 Å². The molecule has 0 aliphatic rings. The lowest BCUT2D eigenvalue weighted by Crippen LogP contribution is -2.24. The van der Waals surface area contributed by atoms with Gasteiger partial charge in [0.1, 0.15) is 30.5 Å². The van der Waals surface area contributed by atoms with Crippen LogP contribution in [0.1, 0.15) is 57.0 Å².